The second kappa shape index (κ2) is 12.2. The molecule has 0 unspecified atom stereocenters. The van der Waals surface area contributed by atoms with Crippen LogP contribution in [-0.4, -0.2) is 35.5 Å². The van der Waals surface area contributed by atoms with E-state index in [9.17, 15) is 45.5 Å². The molecular weight excluding hydrogens is 482 g/mol. The normalized spacial score (nSPS) is 10.8. The molecule has 0 fully saturated rings. The SMILES string of the molecule is O=C(CC(=O)C(F)(F)F)c1ccccc1.O=C(CC(=O)C(F)(F)F)c1ccccc1.[Cu]. The van der Waals surface area contributed by atoms with E-state index in [1.54, 1.807) is 12.1 Å². The molecule has 0 aliphatic rings. The van der Waals surface area contributed by atoms with Crippen LogP contribution in [0.4, 0.5) is 26.3 Å². The van der Waals surface area contributed by atoms with Crippen molar-refractivity contribution in [1.29, 1.82) is 0 Å². The minimum Gasteiger partial charge on any atom is -0.294 e. The van der Waals surface area contributed by atoms with Crippen molar-refractivity contribution in [3.63, 3.8) is 0 Å². The molecule has 0 saturated carbocycles. The second-order valence-electron chi connectivity index (χ2n) is 5.77. The zero-order valence-corrected chi connectivity index (χ0v) is 16.3. The number of rotatable bonds is 6. The Bertz CT molecular complexity index is 818. The maximum atomic E-state index is 11.8. The van der Waals surface area contributed by atoms with Gasteiger partial charge in [-0.1, -0.05) is 60.7 Å². The van der Waals surface area contributed by atoms with Crippen molar-refractivity contribution in [3.8, 4) is 0 Å². The van der Waals surface area contributed by atoms with Crippen molar-refractivity contribution in [2.45, 2.75) is 25.2 Å². The minimum atomic E-state index is -4.94. The van der Waals surface area contributed by atoms with E-state index < -0.39 is 48.3 Å². The van der Waals surface area contributed by atoms with Gasteiger partial charge in [0.25, 0.3) is 0 Å². The minimum absolute atomic E-state index is 0. The summed E-state index contributed by atoms with van der Waals surface area (Å²) < 4.78 is 70.9. The number of carbonyl (C=O) groups excluding carboxylic acids is 4. The monoisotopic (exact) mass is 495 g/mol. The van der Waals surface area contributed by atoms with Crippen LogP contribution in [0.15, 0.2) is 60.7 Å². The summed E-state index contributed by atoms with van der Waals surface area (Å²) in [6.45, 7) is 0. The Morgan fingerprint density at radius 3 is 1.03 bits per heavy atom. The van der Waals surface area contributed by atoms with Gasteiger partial charge < -0.3 is 0 Å². The number of Topliss-reactive ketones (excluding diaryl/α,β-unsaturated/α-hetero) is 4. The molecule has 0 N–H and O–H groups in total. The molecule has 0 aromatic heterocycles. The van der Waals surface area contributed by atoms with E-state index in [0.717, 1.165) is 0 Å². The van der Waals surface area contributed by atoms with Crippen LogP contribution >= 0.6 is 0 Å². The van der Waals surface area contributed by atoms with Crippen molar-refractivity contribution in [2.75, 3.05) is 0 Å². The Hall–Kier alpha value is -2.78. The number of hydrogen-bond donors (Lipinski definition) is 0. The van der Waals surface area contributed by atoms with Gasteiger partial charge in [-0.25, -0.2) is 0 Å². The van der Waals surface area contributed by atoms with Gasteiger partial charge in [0.2, 0.25) is 11.6 Å². The van der Waals surface area contributed by atoms with Crippen LogP contribution in [0, 0.1) is 0 Å². The fourth-order valence-corrected chi connectivity index (χ4v) is 1.94. The average molecular weight is 496 g/mol. The average Bonchev–Trinajstić information content (AvgIpc) is 2.68. The third-order valence-corrected chi connectivity index (χ3v) is 3.47. The topological polar surface area (TPSA) is 68.3 Å². The van der Waals surface area contributed by atoms with Gasteiger partial charge in [0.1, 0.15) is 0 Å². The molecule has 1 radical (unpaired) electrons. The summed E-state index contributed by atoms with van der Waals surface area (Å²) in [5.74, 6) is -5.68. The molecule has 31 heavy (non-hydrogen) atoms. The predicted octanol–water partition coefficient (Wildman–Crippen LogP) is 4.78. The maximum Gasteiger partial charge on any atom is 0.450 e. The molecule has 0 aliphatic heterocycles. The first-order valence-electron chi connectivity index (χ1n) is 8.19. The van der Waals surface area contributed by atoms with Crippen LogP contribution in [0.3, 0.4) is 0 Å². The Balaban J connectivity index is 0.000000562. The number of ketones is 4. The molecule has 4 nitrogen and oxygen atoms in total. The van der Waals surface area contributed by atoms with Crippen LogP contribution in [0.2, 0.25) is 0 Å². The Morgan fingerprint density at radius 2 is 0.806 bits per heavy atom. The van der Waals surface area contributed by atoms with Gasteiger partial charge in [0.05, 0.1) is 12.8 Å². The molecule has 171 valence electrons. The quantitative estimate of drug-likeness (QED) is 0.250. The molecule has 0 atom stereocenters. The Labute approximate surface area is 183 Å². The van der Waals surface area contributed by atoms with Crippen LogP contribution in [0.25, 0.3) is 0 Å². The molecule has 2 aromatic carbocycles. The molecule has 0 spiro atoms. The summed E-state index contributed by atoms with van der Waals surface area (Å²) in [6.07, 6.45) is -12.1. The van der Waals surface area contributed by atoms with Gasteiger partial charge in [-0.15, -0.1) is 0 Å². The molecule has 2 rings (SSSR count). The van der Waals surface area contributed by atoms with E-state index in [0.29, 0.717) is 0 Å². The van der Waals surface area contributed by atoms with Gasteiger partial charge in [-0.3, -0.25) is 19.2 Å². The number of halogens is 6. The largest absolute Gasteiger partial charge is 0.450 e. The van der Waals surface area contributed by atoms with Crippen molar-refractivity contribution in [3.05, 3.63) is 71.8 Å². The van der Waals surface area contributed by atoms with Gasteiger partial charge in [-0.05, 0) is 0 Å². The first-order chi connectivity index (χ1) is 13.8. The number of carbonyl (C=O) groups is 4. The third kappa shape index (κ3) is 10.2. The first-order valence-corrected chi connectivity index (χ1v) is 8.19. The molecule has 11 heteroatoms. The molecule has 2 aromatic rings. The summed E-state index contributed by atoms with van der Waals surface area (Å²) in [4.78, 5) is 43.4. The fourth-order valence-electron chi connectivity index (χ4n) is 1.94. The van der Waals surface area contributed by atoms with Gasteiger partial charge in [-0.2, -0.15) is 26.3 Å². The van der Waals surface area contributed by atoms with E-state index in [1.807, 2.05) is 0 Å². The summed E-state index contributed by atoms with van der Waals surface area (Å²) in [5, 5.41) is 0. The first kappa shape index (κ1) is 28.2. The van der Waals surface area contributed by atoms with E-state index in [4.69, 9.17) is 0 Å². The van der Waals surface area contributed by atoms with Gasteiger partial charge in [0.15, 0.2) is 11.6 Å². The zero-order chi connectivity index (χ0) is 22.9. The molecule has 0 saturated heterocycles. The smallest absolute Gasteiger partial charge is 0.294 e. The van der Waals surface area contributed by atoms with Crippen molar-refractivity contribution >= 4 is 23.1 Å². The van der Waals surface area contributed by atoms with E-state index in [1.165, 1.54) is 48.5 Å². The van der Waals surface area contributed by atoms with E-state index in [2.05, 4.69) is 0 Å². The molecular formula is C20H14CuF6O4. The van der Waals surface area contributed by atoms with Crippen molar-refractivity contribution in [1.82, 2.24) is 0 Å². The summed E-state index contributed by atoms with van der Waals surface area (Å²) in [7, 11) is 0. The Morgan fingerprint density at radius 1 is 0.548 bits per heavy atom. The number of benzene rings is 2. The number of hydrogen-bond acceptors (Lipinski definition) is 4. The zero-order valence-electron chi connectivity index (χ0n) is 15.4. The fraction of sp³-hybridized carbons (Fsp3) is 0.200. The maximum absolute atomic E-state index is 11.8. The third-order valence-electron chi connectivity index (χ3n) is 3.47. The summed E-state index contributed by atoms with van der Waals surface area (Å²) in [5.41, 5.74) is 0.213. The molecule has 0 amide bonds. The molecule has 0 aliphatic carbocycles. The van der Waals surface area contributed by atoms with Gasteiger partial charge in [0, 0.05) is 28.2 Å². The summed E-state index contributed by atoms with van der Waals surface area (Å²) >= 11 is 0. The van der Waals surface area contributed by atoms with Crippen LogP contribution in [-0.2, 0) is 26.7 Å². The Kier molecular flexibility index (Phi) is 11.1. The van der Waals surface area contributed by atoms with Crippen molar-refractivity contribution < 1.29 is 62.6 Å². The van der Waals surface area contributed by atoms with Gasteiger partial charge >= 0.3 is 12.4 Å². The second-order valence-corrected chi connectivity index (χ2v) is 5.77. The summed E-state index contributed by atoms with van der Waals surface area (Å²) in [6, 6.07) is 14.8. The van der Waals surface area contributed by atoms with Crippen LogP contribution < -0.4 is 0 Å². The van der Waals surface area contributed by atoms with Crippen molar-refractivity contribution in [2.24, 2.45) is 0 Å². The van der Waals surface area contributed by atoms with E-state index in [-0.39, 0.29) is 28.2 Å². The molecule has 0 bridgehead atoms. The predicted molar refractivity (Wildman–Crippen MR) is 92.9 cm³/mol. The van der Waals surface area contributed by atoms with E-state index >= 15 is 0 Å². The van der Waals surface area contributed by atoms with Crippen LogP contribution in [0.1, 0.15) is 33.6 Å². The number of alkyl halides is 6. The standard InChI is InChI=1S/2C10H7F3O2.Cu/c2*11-10(12,13)9(15)6-8(14)7-4-2-1-3-5-7;/h2*1-5H,6H2;. The van der Waals surface area contributed by atoms with Crippen LogP contribution in [0.5, 0.6) is 0 Å². The molecule has 0 heterocycles.